The first-order chi connectivity index (χ1) is 14.7. The Hall–Kier alpha value is -3.28. The summed E-state index contributed by atoms with van der Waals surface area (Å²) in [4.78, 5) is 32.0. The molecule has 2 N–H and O–H groups in total. The highest BCUT2D eigenvalue weighted by Crippen LogP contribution is 2.28. The molecule has 0 aliphatic rings. The number of unbranched alkanes of at least 4 members (excludes halogenated alkanes) is 3. The molecule has 0 bridgehead atoms. The molecule has 0 atom stereocenters. The molecule has 3 rings (SSSR count). The van der Waals surface area contributed by atoms with Gasteiger partial charge in [-0.15, -0.1) is 13.2 Å². The molecule has 0 aliphatic carbocycles. The second-order valence-corrected chi connectivity index (χ2v) is 6.80. The molecule has 168 valence electrons. The summed E-state index contributed by atoms with van der Waals surface area (Å²) in [7, 11) is 1.45. The van der Waals surface area contributed by atoms with Crippen LogP contribution in [-0.2, 0) is 13.6 Å². The van der Waals surface area contributed by atoms with Gasteiger partial charge in [-0.2, -0.15) is 4.98 Å². The van der Waals surface area contributed by atoms with Crippen LogP contribution in [0.25, 0.3) is 11.2 Å². The molecule has 0 saturated carbocycles. The molecule has 1 aromatic carbocycles. The first-order valence-corrected chi connectivity index (χ1v) is 9.53. The molecule has 0 fully saturated rings. The molecule has 0 unspecified atom stereocenters. The lowest BCUT2D eigenvalue weighted by Crippen LogP contribution is -2.39. The number of aryl methyl sites for hydroxylation is 1. The normalized spacial score (nSPS) is 11.8. The quantitative estimate of drug-likeness (QED) is 0.493. The first-order valence-electron chi connectivity index (χ1n) is 9.53. The van der Waals surface area contributed by atoms with Crippen LogP contribution in [0.3, 0.4) is 0 Å². The second kappa shape index (κ2) is 9.25. The van der Waals surface area contributed by atoms with E-state index in [0.717, 1.165) is 29.5 Å². The smallest absolute Gasteiger partial charge is 0.425 e. The van der Waals surface area contributed by atoms with Crippen LogP contribution in [0.5, 0.6) is 17.5 Å². The van der Waals surface area contributed by atoms with Crippen LogP contribution in [0, 0.1) is 0 Å². The number of rotatable bonds is 9. The van der Waals surface area contributed by atoms with E-state index in [-0.39, 0.29) is 36.1 Å². The molecule has 31 heavy (non-hydrogen) atoms. The number of aromatic amines is 1. The number of halogens is 3. The summed E-state index contributed by atoms with van der Waals surface area (Å²) in [5, 5.41) is 8.81. The standard InChI is InChI=1S/C19H21F3N4O5/c1-25-15-14(16(28)26(18(25)29)9-4-2-3-5-10-27)23-17(24-15)30-12-7-6-8-13(11-12)31-19(20,21)22/h6-8,11,27H,2-5,9-10H2,1H3,(H,23,24). The zero-order valence-electron chi connectivity index (χ0n) is 16.6. The van der Waals surface area contributed by atoms with Gasteiger partial charge in [-0.25, -0.2) is 4.79 Å². The highest BCUT2D eigenvalue weighted by Gasteiger charge is 2.31. The molecule has 0 saturated heterocycles. The van der Waals surface area contributed by atoms with Crippen LogP contribution in [0.2, 0.25) is 0 Å². The summed E-state index contributed by atoms with van der Waals surface area (Å²) in [5.74, 6) is -0.480. The Morgan fingerprint density at radius 3 is 2.55 bits per heavy atom. The van der Waals surface area contributed by atoms with Crippen LogP contribution in [-0.4, -0.2) is 37.2 Å². The van der Waals surface area contributed by atoms with Crippen LogP contribution in [0.1, 0.15) is 25.7 Å². The van der Waals surface area contributed by atoms with Gasteiger partial charge in [-0.05, 0) is 25.0 Å². The van der Waals surface area contributed by atoms with Gasteiger partial charge in [0.2, 0.25) is 0 Å². The number of aromatic nitrogens is 4. The maximum absolute atomic E-state index is 12.7. The minimum atomic E-state index is -4.85. The van der Waals surface area contributed by atoms with Crippen molar-refractivity contribution in [2.75, 3.05) is 6.61 Å². The molecular weight excluding hydrogens is 421 g/mol. The monoisotopic (exact) mass is 442 g/mol. The van der Waals surface area contributed by atoms with Crippen LogP contribution in [0.15, 0.2) is 33.9 Å². The third-order valence-electron chi connectivity index (χ3n) is 4.50. The molecule has 0 radical (unpaired) electrons. The van der Waals surface area contributed by atoms with Crippen molar-refractivity contribution in [1.29, 1.82) is 0 Å². The minimum Gasteiger partial charge on any atom is -0.425 e. The zero-order chi connectivity index (χ0) is 22.6. The molecule has 3 aromatic rings. The minimum absolute atomic E-state index is 0.00462. The van der Waals surface area contributed by atoms with Crippen LogP contribution < -0.4 is 20.7 Å². The van der Waals surface area contributed by atoms with Crippen molar-refractivity contribution in [3.8, 4) is 17.5 Å². The number of aliphatic hydroxyl groups excluding tert-OH is 1. The fraction of sp³-hybridized carbons (Fsp3) is 0.421. The highest BCUT2D eigenvalue weighted by atomic mass is 19.4. The Morgan fingerprint density at radius 1 is 1.13 bits per heavy atom. The van der Waals surface area contributed by atoms with Gasteiger partial charge in [0.15, 0.2) is 11.2 Å². The SMILES string of the molecule is Cn1c(=O)n(CCCCCCO)c(=O)c2[nH]c(Oc3cccc(OC(F)(F)F)c3)nc21. The maximum Gasteiger partial charge on any atom is 0.573 e. The third-order valence-corrected chi connectivity index (χ3v) is 4.50. The Labute approximate surface area is 173 Å². The van der Waals surface area contributed by atoms with E-state index in [1.807, 2.05) is 0 Å². The Balaban J connectivity index is 1.85. The lowest BCUT2D eigenvalue weighted by Gasteiger charge is -2.09. The van der Waals surface area contributed by atoms with Gasteiger partial charge in [-0.1, -0.05) is 18.9 Å². The van der Waals surface area contributed by atoms with Gasteiger partial charge < -0.3 is 19.6 Å². The molecule has 0 aliphatic heterocycles. The average Bonchev–Trinajstić information content (AvgIpc) is 3.11. The number of benzene rings is 1. The predicted octanol–water partition coefficient (Wildman–Crippen LogP) is 2.67. The molecule has 0 amide bonds. The second-order valence-electron chi connectivity index (χ2n) is 6.80. The molecule has 2 heterocycles. The van der Waals surface area contributed by atoms with E-state index in [9.17, 15) is 22.8 Å². The number of fused-ring (bicyclic) bond motifs is 1. The highest BCUT2D eigenvalue weighted by molar-refractivity contribution is 5.70. The Bertz CT molecular complexity index is 1170. The third kappa shape index (κ3) is 5.45. The maximum atomic E-state index is 12.7. The zero-order valence-corrected chi connectivity index (χ0v) is 16.6. The summed E-state index contributed by atoms with van der Waals surface area (Å²) in [6, 6.07) is 4.66. The van der Waals surface area contributed by atoms with Crippen molar-refractivity contribution in [2.45, 2.75) is 38.6 Å². The summed E-state index contributed by atoms with van der Waals surface area (Å²) in [5.41, 5.74) is -1.02. The lowest BCUT2D eigenvalue weighted by atomic mass is 10.2. The van der Waals surface area contributed by atoms with Gasteiger partial charge in [0.25, 0.3) is 5.56 Å². The molecule has 0 spiro atoms. The van der Waals surface area contributed by atoms with Crippen molar-refractivity contribution in [2.24, 2.45) is 7.05 Å². The van der Waals surface area contributed by atoms with E-state index in [1.165, 1.54) is 23.7 Å². The number of ether oxygens (including phenoxy) is 2. The number of aliphatic hydroxyl groups is 1. The number of alkyl halides is 3. The Morgan fingerprint density at radius 2 is 1.84 bits per heavy atom. The van der Waals surface area contributed by atoms with E-state index < -0.39 is 23.4 Å². The number of nitrogens with one attached hydrogen (secondary N) is 1. The largest absolute Gasteiger partial charge is 0.573 e. The average molecular weight is 442 g/mol. The summed E-state index contributed by atoms with van der Waals surface area (Å²) in [6.45, 7) is 0.300. The number of H-pyrrole nitrogens is 1. The van der Waals surface area contributed by atoms with E-state index >= 15 is 0 Å². The summed E-state index contributed by atoms with van der Waals surface area (Å²) in [6.07, 6.45) is -2.07. The van der Waals surface area contributed by atoms with Gasteiger partial charge in [0.05, 0.1) is 0 Å². The van der Waals surface area contributed by atoms with Crippen molar-refractivity contribution < 1.29 is 27.8 Å². The van der Waals surface area contributed by atoms with Gasteiger partial charge >= 0.3 is 18.1 Å². The predicted molar refractivity (Wildman–Crippen MR) is 104 cm³/mol. The van der Waals surface area contributed by atoms with Gasteiger partial charge in [0.1, 0.15) is 11.5 Å². The fourth-order valence-corrected chi connectivity index (χ4v) is 3.06. The van der Waals surface area contributed by atoms with Crippen LogP contribution >= 0.6 is 0 Å². The molecule has 2 aromatic heterocycles. The lowest BCUT2D eigenvalue weighted by molar-refractivity contribution is -0.274. The first kappa shape index (κ1) is 22.4. The topological polar surface area (TPSA) is 111 Å². The van der Waals surface area contributed by atoms with Crippen molar-refractivity contribution in [3.63, 3.8) is 0 Å². The number of hydrogen-bond donors (Lipinski definition) is 2. The summed E-state index contributed by atoms with van der Waals surface area (Å²) >= 11 is 0. The number of imidazole rings is 1. The molecule has 12 heteroatoms. The van der Waals surface area contributed by atoms with Gasteiger partial charge in [-0.3, -0.25) is 13.9 Å². The van der Waals surface area contributed by atoms with Crippen molar-refractivity contribution in [1.82, 2.24) is 19.1 Å². The summed E-state index contributed by atoms with van der Waals surface area (Å²) < 4.78 is 48.7. The molecular formula is C19H21F3N4O5. The van der Waals surface area contributed by atoms with E-state index in [0.29, 0.717) is 12.8 Å². The van der Waals surface area contributed by atoms with Crippen molar-refractivity contribution >= 4 is 11.2 Å². The number of nitrogens with zero attached hydrogens (tertiary/aromatic N) is 3. The molecule has 9 nitrogen and oxygen atoms in total. The van der Waals surface area contributed by atoms with Gasteiger partial charge in [0, 0.05) is 26.3 Å². The van der Waals surface area contributed by atoms with E-state index in [2.05, 4.69) is 14.7 Å². The van der Waals surface area contributed by atoms with E-state index in [4.69, 9.17) is 9.84 Å². The van der Waals surface area contributed by atoms with Crippen LogP contribution in [0.4, 0.5) is 13.2 Å². The fourth-order valence-electron chi connectivity index (χ4n) is 3.06. The van der Waals surface area contributed by atoms with Crippen molar-refractivity contribution in [3.05, 3.63) is 45.1 Å². The van der Waals surface area contributed by atoms with E-state index in [1.54, 1.807) is 0 Å². The number of hydrogen-bond acceptors (Lipinski definition) is 6. The Kier molecular flexibility index (Phi) is 6.68.